The van der Waals surface area contributed by atoms with Crippen molar-refractivity contribution in [2.75, 3.05) is 19.7 Å². The molecule has 1 N–H and O–H groups in total. The molecular weight excluding hydrogens is 242 g/mol. The second-order valence-corrected chi connectivity index (χ2v) is 5.35. The van der Waals surface area contributed by atoms with Crippen LogP contribution < -0.4 is 4.74 Å². The highest BCUT2D eigenvalue weighted by molar-refractivity contribution is 5.79. The Morgan fingerprint density at radius 2 is 2.37 bits per heavy atom. The summed E-state index contributed by atoms with van der Waals surface area (Å²) >= 11 is 0. The van der Waals surface area contributed by atoms with Gasteiger partial charge in [0.15, 0.2) is 0 Å². The molecule has 0 saturated carbocycles. The number of ether oxygens (including phenoxy) is 1. The van der Waals surface area contributed by atoms with Gasteiger partial charge in [-0.25, -0.2) is 0 Å². The Balaban J connectivity index is 1.66. The molecule has 2 heterocycles. The Bertz CT molecular complexity index is 486. The van der Waals surface area contributed by atoms with Crippen LogP contribution in [0.3, 0.4) is 0 Å². The Morgan fingerprint density at radius 1 is 1.47 bits per heavy atom. The van der Waals surface area contributed by atoms with Crippen LogP contribution >= 0.6 is 0 Å². The van der Waals surface area contributed by atoms with E-state index in [9.17, 15) is 9.90 Å². The zero-order chi connectivity index (χ0) is 13.2. The van der Waals surface area contributed by atoms with Crippen molar-refractivity contribution in [3.63, 3.8) is 0 Å². The first-order valence-electron chi connectivity index (χ1n) is 6.93. The molecule has 1 atom stereocenters. The number of carbonyl (C=O) groups is 1. The van der Waals surface area contributed by atoms with Gasteiger partial charge in [-0.3, -0.25) is 4.79 Å². The molecule has 1 saturated heterocycles. The SMILES string of the molecule is O=C(Cc1ccc2c(c1)CCO2)N1CCCC(O)C1. The van der Waals surface area contributed by atoms with Gasteiger partial charge in [0, 0.05) is 19.5 Å². The van der Waals surface area contributed by atoms with E-state index in [0.717, 1.165) is 43.7 Å². The number of amides is 1. The lowest BCUT2D eigenvalue weighted by molar-refractivity contribution is -0.133. The van der Waals surface area contributed by atoms with Gasteiger partial charge < -0.3 is 14.7 Å². The smallest absolute Gasteiger partial charge is 0.227 e. The van der Waals surface area contributed by atoms with Gasteiger partial charge >= 0.3 is 0 Å². The summed E-state index contributed by atoms with van der Waals surface area (Å²) in [6, 6.07) is 5.99. The van der Waals surface area contributed by atoms with E-state index in [1.165, 1.54) is 5.56 Å². The number of benzene rings is 1. The van der Waals surface area contributed by atoms with Crippen molar-refractivity contribution in [2.24, 2.45) is 0 Å². The molecule has 2 aliphatic rings. The molecule has 1 aromatic rings. The van der Waals surface area contributed by atoms with Gasteiger partial charge in [0.2, 0.25) is 5.91 Å². The molecule has 1 aromatic carbocycles. The Hall–Kier alpha value is -1.55. The van der Waals surface area contributed by atoms with Gasteiger partial charge in [-0.05, 0) is 30.0 Å². The van der Waals surface area contributed by atoms with E-state index in [2.05, 4.69) is 6.07 Å². The highest BCUT2D eigenvalue weighted by Gasteiger charge is 2.22. The largest absolute Gasteiger partial charge is 0.493 e. The normalized spacial score (nSPS) is 21.9. The third-order valence-corrected chi connectivity index (χ3v) is 3.86. The van der Waals surface area contributed by atoms with Crippen molar-refractivity contribution in [3.8, 4) is 5.75 Å². The number of hydrogen-bond donors (Lipinski definition) is 1. The number of carbonyl (C=O) groups excluding carboxylic acids is 1. The van der Waals surface area contributed by atoms with Crippen molar-refractivity contribution in [3.05, 3.63) is 29.3 Å². The van der Waals surface area contributed by atoms with E-state index < -0.39 is 0 Å². The minimum Gasteiger partial charge on any atom is -0.493 e. The zero-order valence-electron chi connectivity index (χ0n) is 11.0. The number of piperidine rings is 1. The van der Waals surface area contributed by atoms with Gasteiger partial charge in [0.25, 0.3) is 0 Å². The van der Waals surface area contributed by atoms with Crippen LogP contribution in [0.1, 0.15) is 24.0 Å². The third-order valence-electron chi connectivity index (χ3n) is 3.86. The van der Waals surface area contributed by atoms with Crippen LogP contribution in [0.5, 0.6) is 5.75 Å². The van der Waals surface area contributed by atoms with E-state index in [1.807, 2.05) is 12.1 Å². The number of β-amino-alcohol motifs (C(OH)–C–C–N with tert-alkyl or cyclic N) is 1. The molecule has 3 rings (SSSR count). The maximum atomic E-state index is 12.2. The topological polar surface area (TPSA) is 49.8 Å². The minimum absolute atomic E-state index is 0.109. The van der Waals surface area contributed by atoms with Gasteiger partial charge in [-0.1, -0.05) is 12.1 Å². The summed E-state index contributed by atoms with van der Waals surface area (Å²) in [6.07, 6.45) is 2.69. The Labute approximate surface area is 113 Å². The summed E-state index contributed by atoms with van der Waals surface area (Å²) < 4.78 is 5.46. The first kappa shape index (κ1) is 12.5. The number of fused-ring (bicyclic) bond motifs is 1. The summed E-state index contributed by atoms with van der Waals surface area (Å²) in [5.74, 6) is 1.06. The van der Waals surface area contributed by atoms with Crippen LogP contribution in [0, 0.1) is 0 Å². The van der Waals surface area contributed by atoms with Crippen molar-refractivity contribution >= 4 is 5.91 Å². The van der Waals surface area contributed by atoms with Gasteiger partial charge in [-0.2, -0.15) is 0 Å². The van der Waals surface area contributed by atoms with Crippen LogP contribution in [0.15, 0.2) is 18.2 Å². The van der Waals surface area contributed by atoms with Crippen LogP contribution in [0.2, 0.25) is 0 Å². The Kier molecular flexibility index (Phi) is 3.42. The first-order valence-corrected chi connectivity index (χ1v) is 6.93. The third kappa shape index (κ3) is 2.73. The molecule has 4 nitrogen and oxygen atoms in total. The average molecular weight is 261 g/mol. The van der Waals surface area contributed by atoms with E-state index >= 15 is 0 Å². The van der Waals surface area contributed by atoms with Gasteiger partial charge in [-0.15, -0.1) is 0 Å². The fourth-order valence-corrected chi connectivity index (χ4v) is 2.82. The zero-order valence-corrected chi connectivity index (χ0v) is 11.0. The van der Waals surface area contributed by atoms with Crippen LogP contribution in [-0.4, -0.2) is 41.7 Å². The summed E-state index contributed by atoms with van der Waals surface area (Å²) in [5, 5.41) is 9.61. The fraction of sp³-hybridized carbons (Fsp3) is 0.533. The molecule has 0 spiro atoms. The molecule has 1 amide bonds. The molecule has 0 aromatic heterocycles. The summed E-state index contributed by atoms with van der Waals surface area (Å²) in [5.41, 5.74) is 2.23. The highest BCUT2D eigenvalue weighted by atomic mass is 16.5. The molecule has 2 aliphatic heterocycles. The number of aliphatic hydroxyl groups is 1. The average Bonchev–Trinajstić information content (AvgIpc) is 2.86. The number of nitrogens with zero attached hydrogens (tertiary/aromatic N) is 1. The molecule has 0 bridgehead atoms. The molecule has 0 radical (unpaired) electrons. The maximum Gasteiger partial charge on any atom is 0.227 e. The lowest BCUT2D eigenvalue weighted by Gasteiger charge is -2.30. The van der Waals surface area contributed by atoms with Crippen molar-refractivity contribution in [1.82, 2.24) is 4.90 Å². The fourth-order valence-electron chi connectivity index (χ4n) is 2.82. The lowest BCUT2D eigenvalue weighted by Crippen LogP contribution is -2.42. The molecule has 19 heavy (non-hydrogen) atoms. The second-order valence-electron chi connectivity index (χ2n) is 5.35. The molecular formula is C15H19NO3. The van der Waals surface area contributed by atoms with Crippen molar-refractivity contribution in [1.29, 1.82) is 0 Å². The standard InChI is InChI=1S/C15H19NO3/c17-13-2-1-6-16(10-13)15(18)9-11-3-4-14-12(8-11)5-7-19-14/h3-4,8,13,17H,1-2,5-7,9-10H2. The summed E-state index contributed by atoms with van der Waals surface area (Å²) in [4.78, 5) is 14.0. The number of hydrogen-bond acceptors (Lipinski definition) is 3. The lowest BCUT2D eigenvalue weighted by atomic mass is 10.0. The van der Waals surface area contributed by atoms with E-state index in [1.54, 1.807) is 4.90 Å². The summed E-state index contributed by atoms with van der Waals surface area (Å²) in [7, 11) is 0. The molecule has 0 aliphatic carbocycles. The monoisotopic (exact) mass is 261 g/mol. The molecule has 1 unspecified atom stereocenters. The molecule has 102 valence electrons. The predicted octanol–water partition coefficient (Wildman–Crippen LogP) is 1.15. The molecule has 4 heteroatoms. The quantitative estimate of drug-likeness (QED) is 0.868. The highest BCUT2D eigenvalue weighted by Crippen LogP contribution is 2.26. The predicted molar refractivity (Wildman–Crippen MR) is 71.2 cm³/mol. The van der Waals surface area contributed by atoms with E-state index in [0.29, 0.717) is 13.0 Å². The summed E-state index contributed by atoms with van der Waals surface area (Å²) in [6.45, 7) is 1.99. The van der Waals surface area contributed by atoms with Crippen LogP contribution in [-0.2, 0) is 17.6 Å². The molecule has 1 fully saturated rings. The number of likely N-dealkylation sites (tertiary alicyclic amines) is 1. The van der Waals surface area contributed by atoms with Gasteiger partial charge in [0.1, 0.15) is 5.75 Å². The number of rotatable bonds is 2. The Morgan fingerprint density at radius 3 is 3.21 bits per heavy atom. The van der Waals surface area contributed by atoms with Crippen LogP contribution in [0.25, 0.3) is 0 Å². The van der Waals surface area contributed by atoms with Crippen molar-refractivity contribution < 1.29 is 14.6 Å². The maximum absolute atomic E-state index is 12.2. The van der Waals surface area contributed by atoms with Crippen LogP contribution in [0.4, 0.5) is 0 Å². The van der Waals surface area contributed by atoms with E-state index in [-0.39, 0.29) is 12.0 Å². The second kappa shape index (κ2) is 5.21. The van der Waals surface area contributed by atoms with Gasteiger partial charge in [0.05, 0.1) is 19.1 Å². The van der Waals surface area contributed by atoms with E-state index in [4.69, 9.17) is 4.74 Å². The number of aliphatic hydroxyl groups excluding tert-OH is 1. The minimum atomic E-state index is -0.355. The first-order chi connectivity index (χ1) is 9.22. The van der Waals surface area contributed by atoms with Crippen molar-refractivity contribution in [2.45, 2.75) is 31.8 Å².